The highest BCUT2D eigenvalue weighted by atomic mass is 14.2. The Labute approximate surface area is 72.4 Å². The molecule has 0 saturated heterocycles. The van der Waals surface area contributed by atoms with Crippen LogP contribution in [0, 0.1) is 23.7 Å². The molecule has 1 atom stereocenters. The maximum absolute atomic E-state index is 2.34. The van der Waals surface area contributed by atoms with Gasteiger partial charge in [0.2, 0.25) is 0 Å². The molecular formula is C11H23-. The van der Waals surface area contributed by atoms with E-state index in [-0.39, 0.29) is 0 Å². The third-order valence-corrected chi connectivity index (χ3v) is 2.51. The topological polar surface area (TPSA) is 0 Å². The molecule has 0 fully saturated rings. The van der Waals surface area contributed by atoms with Gasteiger partial charge in [0.1, 0.15) is 0 Å². The van der Waals surface area contributed by atoms with Gasteiger partial charge in [0.25, 0.3) is 0 Å². The Morgan fingerprint density at radius 3 is 1.73 bits per heavy atom. The molecule has 0 radical (unpaired) electrons. The molecule has 1 unspecified atom stereocenters. The van der Waals surface area contributed by atoms with Crippen LogP contribution in [0.15, 0.2) is 0 Å². The predicted molar refractivity (Wildman–Crippen MR) is 52.4 cm³/mol. The van der Waals surface area contributed by atoms with Crippen molar-refractivity contribution in [3.8, 4) is 0 Å². The van der Waals surface area contributed by atoms with Gasteiger partial charge in [0.15, 0.2) is 0 Å². The summed E-state index contributed by atoms with van der Waals surface area (Å²) in [5.74, 6) is 4.04. The quantitative estimate of drug-likeness (QED) is 0.540. The molecule has 0 N–H and O–H groups in total. The van der Waals surface area contributed by atoms with Crippen LogP contribution >= 0.6 is 0 Å². The van der Waals surface area contributed by atoms with E-state index in [0.717, 1.165) is 17.8 Å². The van der Waals surface area contributed by atoms with Crippen molar-refractivity contribution in [3.63, 3.8) is 0 Å². The van der Waals surface area contributed by atoms with Gasteiger partial charge in [-0.25, -0.2) is 0 Å². The first-order valence-electron chi connectivity index (χ1n) is 4.78. The fourth-order valence-corrected chi connectivity index (χ4v) is 1.46. The SMILES string of the molecule is C[C-](C(C)C)C(C)CC(C)C. The smallest absolute Gasteiger partial charge is 0.0493 e. The van der Waals surface area contributed by atoms with E-state index in [0.29, 0.717) is 0 Å². The fourth-order valence-electron chi connectivity index (χ4n) is 1.46. The maximum Gasteiger partial charge on any atom is -0.0493 e. The summed E-state index contributed by atoms with van der Waals surface area (Å²) in [4.78, 5) is 0. The molecule has 0 spiro atoms. The second-order valence-electron chi connectivity index (χ2n) is 4.43. The largest absolute Gasteiger partial charge is 0.311 e. The molecule has 0 aliphatic rings. The molecule has 0 rings (SSSR count). The highest BCUT2D eigenvalue weighted by Gasteiger charge is 2.04. The standard InChI is InChI=1S/C11H23/c1-8(2)7-10(5)11(6)9(3)4/h8-10H,7H2,1-6H3/q-1. The highest BCUT2D eigenvalue weighted by molar-refractivity contribution is 4.92. The van der Waals surface area contributed by atoms with Crippen LogP contribution in [-0.4, -0.2) is 0 Å². The van der Waals surface area contributed by atoms with Crippen LogP contribution in [0.1, 0.15) is 48.0 Å². The van der Waals surface area contributed by atoms with Crippen molar-refractivity contribution < 1.29 is 0 Å². The van der Waals surface area contributed by atoms with Crippen LogP contribution in [0.4, 0.5) is 0 Å². The van der Waals surface area contributed by atoms with Crippen molar-refractivity contribution >= 4 is 0 Å². The van der Waals surface area contributed by atoms with E-state index in [1.54, 1.807) is 5.92 Å². The Kier molecular flexibility index (Phi) is 4.79. The first-order valence-corrected chi connectivity index (χ1v) is 4.78. The molecule has 0 heterocycles. The molecular weight excluding hydrogens is 132 g/mol. The minimum Gasteiger partial charge on any atom is -0.311 e. The van der Waals surface area contributed by atoms with Gasteiger partial charge in [-0.3, -0.25) is 0 Å². The number of hydrogen-bond donors (Lipinski definition) is 0. The normalized spacial score (nSPS) is 15.0. The maximum atomic E-state index is 2.34. The van der Waals surface area contributed by atoms with Gasteiger partial charge in [-0.15, -0.1) is 0 Å². The molecule has 0 aliphatic carbocycles. The van der Waals surface area contributed by atoms with Crippen molar-refractivity contribution in [2.75, 3.05) is 0 Å². The van der Waals surface area contributed by atoms with Crippen LogP contribution in [0.3, 0.4) is 0 Å². The molecule has 11 heavy (non-hydrogen) atoms. The van der Waals surface area contributed by atoms with Gasteiger partial charge in [0, 0.05) is 0 Å². The Hall–Kier alpha value is 0. The lowest BCUT2D eigenvalue weighted by Gasteiger charge is -2.38. The Morgan fingerprint density at radius 2 is 1.45 bits per heavy atom. The monoisotopic (exact) mass is 155 g/mol. The fraction of sp³-hybridized carbons (Fsp3) is 0.909. The van der Waals surface area contributed by atoms with E-state index in [9.17, 15) is 0 Å². The number of hydrogen-bond acceptors (Lipinski definition) is 0. The molecule has 0 aromatic heterocycles. The first-order chi connectivity index (χ1) is 4.95. The van der Waals surface area contributed by atoms with Crippen molar-refractivity contribution in [2.45, 2.75) is 48.0 Å². The lowest BCUT2D eigenvalue weighted by Crippen LogP contribution is -2.13. The lowest BCUT2D eigenvalue weighted by atomic mass is 9.82. The third kappa shape index (κ3) is 4.44. The summed E-state index contributed by atoms with van der Waals surface area (Å²) < 4.78 is 0. The minimum atomic E-state index is 0.753. The van der Waals surface area contributed by atoms with Gasteiger partial charge < -0.3 is 5.92 Å². The van der Waals surface area contributed by atoms with Crippen LogP contribution in [0.2, 0.25) is 0 Å². The van der Waals surface area contributed by atoms with E-state index in [1.807, 2.05) is 0 Å². The van der Waals surface area contributed by atoms with Crippen molar-refractivity contribution in [1.29, 1.82) is 0 Å². The van der Waals surface area contributed by atoms with Crippen LogP contribution < -0.4 is 0 Å². The van der Waals surface area contributed by atoms with Crippen molar-refractivity contribution in [2.24, 2.45) is 17.8 Å². The summed E-state index contributed by atoms with van der Waals surface area (Å²) in [5, 5.41) is 0. The average molecular weight is 155 g/mol. The van der Waals surface area contributed by atoms with E-state index < -0.39 is 0 Å². The second kappa shape index (κ2) is 4.79. The van der Waals surface area contributed by atoms with Gasteiger partial charge in [-0.2, -0.15) is 18.8 Å². The molecule has 0 heteroatoms. The lowest BCUT2D eigenvalue weighted by molar-refractivity contribution is 0.405. The molecule has 0 saturated carbocycles. The van der Waals surface area contributed by atoms with Crippen molar-refractivity contribution in [3.05, 3.63) is 5.92 Å². The van der Waals surface area contributed by atoms with Crippen molar-refractivity contribution in [1.82, 2.24) is 0 Å². The zero-order valence-electron chi connectivity index (χ0n) is 8.94. The van der Waals surface area contributed by atoms with Gasteiger partial charge >= 0.3 is 0 Å². The van der Waals surface area contributed by atoms with Crippen LogP contribution in [0.25, 0.3) is 0 Å². The molecule has 0 aromatic rings. The summed E-state index contributed by atoms with van der Waals surface area (Å²) in [7, 11) is 0. The summed E-state index contributed by atoms with van der Waals surface area (Å²) in [6.07, 6.45) is 1.34. The van der Waals surface area contributed by atoms with Gasteiger partial charge in [-0.1, -0.05) is 41.0 Å². The van der Waals surface area contributed by atoms with E-state index in [2.05, 4.69) is 41.5 Å². The average Bonchev–Trinajstić information content (AvgIpc) is 1.84. The van der Waals surface area contributed by atoms with Gasteiger partial charge in [-0.05, 0) is 5.92 Å². The molecule has 0 bridgehead atoms. The van der Waals surface area contributed by atoms with E-state index >= 15 is 0 Å². The first kappa shape index (κ1) is 11.0. The minimum absolute atomic E-state index is 0.753. The predicted octanol–water partition coefficient (Wildman–Crippen LogP) is 3.92. The molecule has 0 nitrogen and oxygen atoms in total. The Bertz CT molecular complexity index is 92.2. The zero-order chi connectivity index (χ0) is 9.02. The molecule has 0 aliphatic heterocycles. The third-order valence-electron chi connectivity index (χ3n) is 2.51. The molecule has 0 amide bonds. The van der Waals surface area contributed by atoms with Gasteiger partial charge in [0.05, 0.1) is 0 Å². The zero-order valence-corrected chi connectivity index (χ0v) is 8.94. The van der Waals surface area contributed by atoms with Crippen LogP contribution in [-0.2, 0) is 0 Å². The summed E-state index contributed by atoms with van der Waals surface area (Å²) in [6.45, 7) is 13.8. The molecule has 68 valence electrons. The second-order valence-corrected chi connectivity index (χ2v) is 4.43. The highest BCUT2D eigenvalue weighted by Crippen LogP contribution is 2.27. The number of rotatable bonds is 4. The molecule has 0 aromatic carbocycles. The Morgan fingerprint density at radius 1 is 1.00 bits per heavy atom. The van der Waals surface area contributed by atoms with Crippen LogP contribution in [0.5, 0.6) is 0 Å². The van der Waals surface area contributed by atoms with E-state index in [1.165, 1.54) is 6.42 Å². The summed E-state index contributed by atoms with van der Waals surface area (Å²) in [6, 6.07) is 0. The Balaban J connectivity index is 3.73. The summed E-state index contributed by atoms with van der Waals surface area (Å²) >= 11 is 0. The summed E-state index contributed by atoms with van der Waals surface area (Å²) in [5.41, 5.74) is 0. The van der Waals surface area contributed by atoms with E-state index in [4.69, 9.17) is 0 Å².